The van der Waals surface area contributed by atoms with Gasteiger partial charge in [0, 0.05) is 66.1 Å². The molecule has 0 amide bonds. The number of hydrogen-bond donors (Lipinski definition) is 1. The zero-order chi connectivity index (χ0) is 39.6. The largest absolute Gasteiger partial charge is 0.512 e. The van der Waals surface area contributed by atoms with Crippen molar-refractivity contribution in [1.29, 1.82) is 0 Å². The number of fused-ring (bicyclic) bond motifs is 3. The molecular weight excluding hydrogens is 859 g/mol. The van der Waals surface area contributed by atoms with Crippen molar-refractivity contribution in [2.24, 2.45) is 16.7 Å². The Morgan fingerprint density at radius 2 is 1.51 bits per heavy atom. The minimum Gasteiger partial charge on any atom is -0.512 e. The van der Waals surface area contributed by atoms with E-state index in [4.69, 9.17) is 13.8 Å². The number of aliphatic hydroxyl groups is 1. The Balaban J connectivity index is 0.000000320. The second-order valence-corrected chi connectivity index (χ2v) is 17.0. The summed E-state index contributed by atoms with van der Waals surface area (Å²) >= 11 is 0. The molecule has 295 valence electrons. The summed E-state index contributed by atoms with van der Waals surface area (Å²) in [5.41, 5.74) is 7.27. The molecule has 1 N–H and O–H groups in total. The van der Waals surface area contributed by atoms with Crippen LogP contribution in [-0.2, 0) is 36.7 Å². The predicted molar refractivity (Wildman–Crippen MR) is 226 cm³/mol. The fourth-order valence-electron chi connectivity index (χ4n) is 6.93. The maximum absolute atomic E-state index is 12.2. The van der Waals surface area contributed by atoms with E-state index in [1.165, 1.54) is 17.0 Å². The Labute approximate surface area is 342 Å². The molecule has 5 nitrogen and oxygen atoms in total. The molecule has 6 heteroatoms. The first-order valence-electron chi connectivity index (χ1n) is 19.8. The molecular formula is C49H60IrNO4-. The van der Waals surface area contributed by atoms with Gasteiger partial charge in [0.15, 0.2) is 11.4 Å². The van der Waals surface area contributed by atoms with E-state index in [1.807, 2.05) is 54.5 Å². The molecule has 0 bridgehead atoms. The zero-order valence-electron chi connectivity index (χ0n) is 35.0. The molecule has 0 saturated heterocycles. The monoisotopic (exact) mass is 919 g/mol. The predicted octanol–water partition coefficient (Wildman–Crippen LogP) is 14.3. The first-order chi connectivity index (χ1) is 25.4. The molecule has 55 heavy (non-hydrogen) atoms. The zero-order valence-corrected chi connectivity index (χ0v) is 37.4. The number of carbonyl (C=O) groups excluding carboxylic acids is 1. The third-order valence-electron chi connectivity index (χ3n) is 11.6. The molecule has 6 aromatic rings. The number of furan rings is 2. The fraction of sp³-hybridized carbons (Fsp3) is 0.429. The molecule has 0 atom stereocenters. The summed E-state index contributed by atoms with van der Waals surface area (Å²) in [5.74, 6) is 2.71. The maximum atomic E-state index is 12.2. The van der Waals surface area contributed by atoms with Gasteiger partial charge in [-0.15, -0.1) is 29.1 Å². The van der Waals surface area contributed by atoms with Gasteiger partial charge in [-0.2, -0.15) is 0 Å². The van der Waals surface area contributed by atoms with E-state index in [2.05, 4.69) is 101 Å². The number of nitrogens with zero attached hydrogens (tertiary/aromatic N) is 1. The van der Waals surface area contributed by atoms with Gasteiger partial charge in [-0.1, -0.05) is 117 Å². The minimum absolute atomic E-state index is 0. The van der Waals surface area contributed by atoms with Crippen molar-refractivity contribution in [3.8, 4) is 22.4 Å². The van der Waals surface area contributed by atoms with E-state index < -0.39 is 0 Å². The number of ketones is 1. The molecule has 0 aliphatic heterocycles. The number of allylic oxidation sites excluding steroid dienone is 2. The third kappa shape index (κ3) is 9.52. The minimum atomic E-state index is -0.337. The van der Waals surface area contributed by atoms with E-state index in [-0.39, 0.29) is 47.9 Å². The van der Waals surface area contributed by atoms with Crippen molar-refractivity contribution in [2.75, 3.05) is 0 Å². The number of carbonyl (C=O) groups is 1. The summed E-state index contributed by atoms with van der Waals surface area (Å²) in [6.07, 6.45) is 5.68. The Morgan fingerprint density at radius 1 is 0.855 bits per heavy atom. The second-order valence-electron chi connectivity index (χ2n) is 17.0. The molecule has 0 unspecified atom stereocenters. The van der Waals surface area contributed by atoms with E-state index in [1.54, 1.807) is 0 Å². The number of pyridine rings is 1. The number of benzene rings is 3. The van der Waals surface area contributed by atoms with Crippen LogP contribution in [0.4, 0.5) is 0 Å². The molecule has 6 rings (SSSR count). The van der Waals surface area contributed by atoms with Crippen molar-refractivity contribution < 1.29 is 38.8 Å². The van der Waals surface area contributed by atoms with Crippen LogP contribution in [0.1, 0.15) is 119 Å². The van der Waals surface area contributed by atoms with Crippen LogP contribution in [0.2, 0.25) is 0 Å². The summed E-state index contributed by atoms with van der Waals surface area (Å²) in [6.45, 7) is 25.3. The molecule has 0 aliphatic rings. The van der Waals surface area contributed by atoms with Crippen molar-refractivity contribution in [2.45, 2.75) is 121 Å². The van der Waals surface area contributed by atoms with Crippen LogP contribution in [0.25, 0.3) is 55.2 Å². The summed E-state index contributed by atoms with van der Waals surface area (Å²) in [6, 6.07) is 27.1. The first kappa shape index (κ1) is 43.7. The normalized spacial score (nSPS) is 12.6. The van der Waals surface area contributed by atoms with Crippen molar-refractivity contribution >= 4 is 38.6 Å². The van der Waals surface area contributed by atoms with Crippen LogP contribution in [-0.4, -0.2) is 15.9 Å². The van der Waals surface area contributed by atoms with E-state index in [0.717, 1.165) is 93.5 Å². The van der Waals surface area contributed by atoms with Crippen molar-refractivity contribution in [3.63, 3.8) is 0 Å². The molecule has 0 fully saturated rings. The van der Waals surface area contributed by atoms with Crippen LogP contribution >= 0.6 is 0 Å². The number of aliphatic hydroxyl groups excluding tert-OH is 1. The number of aromatic nitrogens is 1. The van der Waals surface area contributed by atoms with Gasteiger partial charge in [0.2, 0.25) is 0 Å². The fourth-order valence-corrected chi connectivity index (χ4v) is 6.93. The van der Waals surface area contributed by atoms with Crippen molar-refractivity contribution in [3.05, 3.63) is 102 Å². The van der Waals surface area contributed by atoms with Gasteiger partial charge in [0.05, 0.1) is 0 Å². The Kier molecular flexibility index (Phi) is 13.9. The molecule has 0 saturated carbocycles. The Morgan fingerprint density at radius 3 is 2.13 bits per heavy atom. The Hall–Kier alpha value is -3.99. The molecule has 3 aromatic carbocycles. The standard InChI is InChI=1S/C34H32NO2.C15H28O2.Ir/c1-20(2)13-26-17-25-16-23(11-12-32(25)37-26)28-19-30(35-31-14-21(3)36-33(28)31)24-15-22-9-7-8-10-27(22)29(18-24)34(4,5)6;1-7-14(5,8-2)12(16)11-13(17)15(6,9-3)10-4;/h7-12,14,16-20H,13H2,1-6H3;11,16H,7-10H2,1-6H3;/q-1;;/b;12-11-;. The van der Waals surface area contributed by atoms with E-state index in [9.17, 15) is 9.90 Å². The summed E-state index contributed by atoms with van der Waals surface area (Å²) < 4.78 is 12.3. The summed E-state index contributed by atoms with van der Waals surface area (Å²) in [7, 11) is 0. The molecule has 3 aromatic heterocycles. The van der Waals surface area contributed by atoms with Gasteiger partial charge in [-0.05, 0) is 67.7 Å². The average Bonchev–Trinajstić information content (AvgIpc) is 3.73. The van der Waals surface area contributed by atoms with Gasteiger partial charge in [0.25, 0.3) is 0 Å². The third-order valence-corrected chi connectivity index (χ3v) is 11.6. The van der Waals surface area contributed by atoms with Crippen LogP contribution in [0.3, 0.4) is 0 Å². The van der Waals surface area contributed by atoms with Gasteiger partial charge < -0.3 is 13.9 Å². The van der Waals surface area contributed by atoms with E-state index >= 15 is 0 Å². The SMILES string of the molecule is CCC(C)(CC)C(=O)/C=C(\O)C(C)(CC)CC.Cc1cc2nc(-c3[c-]c4ccccc4c(C(C)(C)C)c3)cc(-c3ccc4oc(CC(C)C)cc4c3)c2o1.[Ir]. The van der Waals surface area contributed by atoms with Crippen LogP contribution < -0.4 is 0 Å². The van der Waals surface area contributed by atoms with E-state index in [0.29, 0.717) is 5.92 Å². The van der Waals surface area contributed by atoms with Crippen LogP contribution in [0.15, 0.2) is 87.4 Å². The quantitative estimate of drug-likeness (QED) is 0.0796. The van der Waals surface area contributed by atoms with Crippen LogP contribution in [0.5, 0.6) is 0 Å². The summed E-state index contributed by atoms with van der Waals surface area (Å²) in [4.78, 5) is 17.2. The molecule has 0 aliphatic carbocycles. The van der Waals surface area contributed by atoms with Crippen LogP contribution in [0, 0.1) is 29.7 Å². The number of hydrogen-bond acceptors (Lipinski definition) is 5. The average molecular weight is 919 g/mol. The number of rotatable bonds is 11. The van der Waals surface area contributed by atoms with Gasteiger partial charge >= 0.3 is 0 Å². The molecule has 0 spiro atoms. The molecule has 1 radical (unpaired) electrons. The maximum Gasteiger partial charge on any atom is 0.164 e. The van der Waals surface area contributed by atoms with Gasteiger partial charge in [-0.3, -0.25) is 9.78 Å². The topological polar surface area (TPSA) is 76.5 Å². The van der Waals surface area contributed by atoms with Gasteiger partial charge in [-0.25, -0.2) is 0 Å². The number of aryl methyl sites for hydroxylation is 1. The second kappa shape index (κ2) is 17.4. The first-order valence-corrected chi connectivity index (χ1v) is 19.8. The summed E-state index contributed by atoms with van der Waals surface area (Å²) in [5, 5.41) is 13.6. The molecule has 3 heterocycles. The van der Waals surface area contributed by atoms with Gasteiger partial charge in [0.1, 0.15) is 28.4 Å². The van der Waals surface area contributed by atoms with Crippen molar-refractivity contribution in [1.82, 2.24) is 4.98 Å². The smallest absolute Gasteiger partial charge is 0.164 e. The Bertz CT molecular complexity index is 2290.